The van der Waals surface area contributed by atoms with Crippen LogP contribution in [0.1, 0.15) is 32.1 Å². The van der Waals surface area contributed by atoms with Gasteiger partial charge in [-0.2, -0.15) is 0 Å². The third-order valence-electron chi connectivity index (χ3n) is 4.61. The number of hydrogen-bond acceptors (Lipinski definition) is 2. The van der Waals surface area contributed by atoms with Gasteiger partial charge in [-0.25, -0.2) is 8.78 Å². The maximum absolute atomic E-state index is 13.6. The first-order valence-corrected chi connectivity index (χ1v) is 7.34. The number of nitrogens with one attached hydrogen (secondary N) is 1. The first kappa shape index (κ1) is 14.2. The third-order valence-corrected chi connectivity index (χ3v) is 4.61. The molecule has 2 atom stereocenters. The standard InChI is InChI=1S/C16H17F2NO2/c17-12-4-5-13(18)14(8-12)19-16(21)11-6-9-2-1-3-10(7-11)15(9)20/h4-5,8-11H,1-3,6-7H2,(H,19,21). The Morgan fingerprint density at radius 3 is 2.48 bits per heavy atom. The minimum Gasteiger partial charge on any atom is -0.323 e. The predicted molar refractivity (Wildman–Crippen MR) is 73.5 cm³/mol. The lowest BCUT2D eigenvalue weighted by Crippen LogP contribution is -2.40. The number of anilines is 1. The molecule has 3 nitrogen and oxygen atoms in total. The van der Waals surface area contributed by atoms with Gasteiger partial charge < -0.3 is 5.32 Å². The summed E-state index contributed by atoms with van der Waals surface area (Å²) in [7, 11) is 0. The highest BCUT2D eigenvalue weighted by Gasteiger charge is 2.41. The molecule has 2 saturated carbocycles. The largest absolute Gasteiger partial charge is 0.323 e. The Bertz CT molecular complexity index is 572. The number of amides is 1. The number of halogens is 2. The van der Waals surface area contributed by atoms with Gasteiger partial charge in [0.15, 0.2) is 0 Å². The number of carbonyl (C=O) groups excluding carboxylic acids is 2. The minimum absolute atomic E-state index is 0.0365. The summed E-state index contributed by atoms with van der Waals surface area (Å²) in [5.74, 6) is -1.65. The zero-order chi connectivity index (χ0) is 15.0. The van der Waals surface area contributed by atoms with Crippen molar-refractivity contribution in [1.82, 2.24) is 0 Å². The zero-order valence-electron chi connectivity index (χ0n) is 11.6. The summed E-state index contributed by atoms with van der Waals surface area (Å²) in [5.41, 5.74) is -0.137. The Hall–Kier alpha value is -1.78. The maximum atomic E-state index is 13.6. The normalized spacial score (nSPS) is 28.3. The fraction of sp³-hybridized carbons (Fsp3) is 0.500. The Morgan fingerprint density at radius 2 is 1.81 bits per heavy atom. The molecule has 0 saturated heterocycles. The molecular formula is C16H17F2NO2. The van der Waals surface area contributed by atoms with E-state index in [1.807, 2.05) is 0 Å². The van der Waals surface area contributed by atoms with Gasteiger partial charge in [-0.15, -0.1) is 0 Å². The molecule has 0 heterocycles. The van der Waals surface area contributed by atoms with Gasteiger partial charge in [-0.1, -0.05) is 6.42 Å². The second-order valence-electron chi connectivity index (χ2n) is 6.01. The Kier molecular flexibility index (Phi) is 3.74. The Morgan fingerprint density at radius 1 is 1.14 bits per heavy atom. The molecule has 112 valence electrons. The maximum Gasteiger partial charge on any atom is 0.227 e. The molecule has 2 unspecified atom stereocenters. The van der Waals surface area contributed by atoms with E-state index < -0.39 is 11.6 Å². The molecule has 0 aliphatic heterocycles. The monoisotopic (exact) mass is 293 g/mol. The summed E-state index contributed by atoms with van der Waals surface area (Å²) in [5, 5.41) is 2.46. The predicted octanol–water partition coefficient (Wildman–Crippen LogP) is 3.30. The number of rotatable bonds is 2. The van der Waals surface area contributed by atoms with Gasteiger partial charge in [-0.3, -0.25) is 9.59 Å². The van der Waals surface area contributed by atoms with Crippen molar-refractivity contribution in [2.75, 3.05) is 5.32 Å². The molecule has 5 heteroatoms. The lowest BCUT2D eigenvalue weighted by molar-refractivity contribution is -0.136. The van der Waals surface area contributed by atoms with Crippen LogP contribution in [0.5, 0.6) is 0 Å². The number of fused-ring (bicyclic) bond motifs is 2. The lowest BCUT2D eigenvalue weighted by atomic mass is 9.67. The van der Waals surface area contributed by atoms with Crippen LogP contribution in [-0.2, 0) is 9.59 Å². The van der Waals surface area contributed by atoms with E-state index in [0.717, 1.165) is 37.5 Å². The fourth-order valence-electron chi connectivity index (χ4n) is 3.52. The Labute approximate surface area is 121 Å². The van der Waals surface area contributed by atoms with Crippen molar-refractivity contribution in [3.8, 4) is 0 Å². The fourth-order valence-corrected chi connectivity index (χ4v) is 3.52. The van der Waals surface area contributed by atoms with Crippen molar-refractivity contribution < 1.29 is 18.4 Å². The lowest BCUT2D eigenvalue weighted by Gasteiger charge is -2.36. The van der Waals surface area contributed by atoms with E-state index in [4.69, 9.17) is 0 Å². The molecule has 1 amide bonds. The van der Waals surface area contributed by atoms with Crippen LogP contribution in [0.25, 0.3) is 0 Å². The van der Waals surface area contributed by atoms with Crippen LogP contribution in [0.3, 0.4) is 0 Å². The molecule has 2 bridgehead atoms. The van der Waals surface area contributed by atoms with Crippen molar-refractivity contribution in [2.24, 2.45) is 17.8 Å². The number of Topliss-reactive ketones (excluding diaryl/α,β-unsaturated/α-hetero) is 1. The summed E-state index contributed by atoms with van der Waals surface area (Å²) in [4.78, 5) is 24.2. The van der Waals surface area contributed by atoms with Crippen molar-refractivity contribution in [3.05, 3.63) is 29.8 Å². The SMILES string of the molecule is O=C(Nc1cc(F)ccc1F)C1CC2CCCC(C1)C2=O. The summed E-state index contributed by atoms with van der Waals surface area (Å²) >= 11 is 0. The molecule has 3 rings (SSSR count). The number of hydrogen-bond donors (Lipinski definition) is 1. The summed E-state index contributed by atoms with van der Waals surface area (Å²) in [6.07, 6.45) is 3.77. The highest BCUT2D eigenvalue weighted by Crippen LogP contribution is 2.40. The molecule has 0 aromatic heterocycles. The summed E-state index contributed by atoms with van der Waals surface area (Å²) < 4.78 is 26.7. The molecule has 1 aromatic rings. The van der Waals surface area contributed by atoms with E-state index in [-0.39, 0.29) is 35.1 Å². The van der Waals surface area contributed by atoms with Crippen LogP contribution >= 0.6 is 0 Å². The van der Waals surface area contributed by atoms with Gasteiger partial charge >= 0.3 is 0 Å². The van der Waals surface area contributed by atoms with E-state index in [2.05, 4.69) is 5.32 Å². The van der Waals surface area contributed by atoms with Gasteiger partial charge in [0.05, 0.1) is 5.69 Å². The van der Waals surface area contributed by atoms with E-state index in [1.54, 1.807) is 0 Å². The van der Waals surface area contributed by atoms with Gasteiger partial charge in [0.1, 0.15) is 17.4 Å². The van der Waals surface area contributed by atoms with Gasteiger partial charge in [-0.05, 0) is 37.8 Å². The van der Waals surface area contributed by atoms with Crippen LogP contribution in [0.4, 0.5) is 14.5 Å². The molecule has 0 radical (unpaired) electrons. The van der Waals surface area contributed by atoms with E-state index >= 15 is 0 Å². The molecule has 2 aliphatic rings. The minimum atomic E-state index is -0.656. The quantitative estimate of drug-likeness (QED) is 0.909. The highest BCUT2D eigenvalue weighted by atomic mass is 19.1. The third kappa shape index (κ3) is 2.82. The van der Waals surface area contributed by atoms with Gasteiger partial charge in [0.2, 0.25) is 5.91 Å². The van der Waals surface area contributed by atoms with Crippen LogP contribution in [0.2, 0.25) is 0 Å². The molecule has 1 N–H and O–H groups in total. The van der Waals surface area contributed by atoms with Crippen LogP contribution in [0.15, 0.2) is 18.2 Å². The zero-order valence-corrected chi connectivity index (χ0v) is 11.6. The second kappa shape index (κ2) is 5.54. The van der Waals surface area contributed by atoms with Crippen molar-refractivity contribution in [2.45, 2.75) is 32.1 Å². The molecular weight excluding hydrogens is 276 g/mol. The Balaban J connectivity index is 1.71. The van der Waals surface area contributed by atoms with Crippen LogP contribution in [-0.4, -0.2) is 11.7 Å². The highest BCUT2D eigenvalue weighted by molar-refractivity contribution is 5.95. The van der Waals surface area contributed by atoms with E-state index in [1.165, 1.54) is 0 Å². The molecule has 1 aromatic carbocycles. The summed E-state index contributed by atoms with van der Waals surface area (Å²) in [6, 6.07) is 2.97. The molecule has 0 spiro atoms. The van der Waals surface area contributed by atoms with Gasteiger partial charge in [0.25, 0.3) is 0 Å². The smallest absolute Gasteiger partial charge is 0.227 e. The number of carbonyl (C=O) groups is 2. The second-order valence-corrected chi connectivity index (χ2v) is 6.01. The molecule has 2 aliphatic carbocycles. The van der Waals surface area contributed by atoms with Crippen LogP contribution < -0.4 is 5.32 Å². The van der Waals surface area contributed by atoms with Crippen LogP contribution in [0, 0.1) is 29.4 Å². The first-order valence-electron chi connectivity index (χ1n) is 7.34. The number of benzene rings is 1. The molecule has 2 fully saturated rings. The van der Waals surface area contributed by atoms with Crippen molar-refractivity contribution >= 4 is 17.4 Å². The van der Waals surface area contributed by atoms with E-state index in [0.29, 0.717) is 12.8 Å². The first-order chi connectivity index (χ1) is 10.0. The molecule has 21 heavy (non-hydrogen) atoms. The average Bonchev–Trinajstić information content (AvgIpc) is 2.42. The topological polar surface area (TPSA) is 46.2 Å². The van der Waals surface area contributed by atoms with E-state index in [9.17, 15) is 18.4 Å². The van der Waals surface area contributed by atoms with Crippen molar-refractivity contribution in [1.29, 1.82) is 0 Å². The van der Waals surface area contributed by atoms with Crippen molar-refractivity contribution in [3.63, 3.8) is 0 Å². The number of ketones is 1. The summed E-state index contributed by atoms with van der Waals surface area (Å²) in [6.45, 7) is 0. The average molecular weight is 293 g/mol. The van der Waals surface area contributed by atoms with Gasteiger partial charge in [0, 0.05) is 23.8 Å².